The largest absolute Gasteiger partial charge is 0.506 e. The normalized spacial score (nSPS) is 16.3. The number of aromatic hydroxyl groups is 1. The predicted molar refractivity (Wildman–Crippen MR) is 215 cm³/mol. The van der Waals surface area contributed by atoms with Gasteiger partial charge in [0.05, 0.1) is 29.9 Å². The summed E-state index contributed by atoms with van der Waals surface area (Å²) in [5.41, 5.74) is 11.9. The maximum Gasteiger partial charge on any atom is 0.419 e. The van der Waals surface area contributed by atoms with Crippen molar-refractivity contribution < 1.29 is 29.3 Å². The van der Waals surface area contributed by atoms with Crippen LogP contribution in [0.15, 0.2) is 98.9 Å². The van der Waals surface area contributed by atoms with Crippen molar-refractivity contribution in [2.24, 2.45) is 5.73 Å². The molecule has 292 valence electrons. The third-order valence-electron chi connectivity index (χ3n) is 10.8. The number of fused-ring (bicyclic) bond motifs is 2. The molecule has 6 aromatic rings. The zero-order valence-corrected chi connectivity index (χ0v) is 31.2. The van der Waals surface area contributed by atoms with Gasteiger partial charge in [0.1, 0.15) is 11.5 Å². The van der Waals surface area contributed by atoms with E-state index in [0.29, 0.717) is 72.3 Å². The van der Waals surface area contributed by atoms with Gasteiger partial charge >= 0.3 is 11.8 Å². The minimum Gasteiger partial charge on any atom is -0.506 e. The number of aromatic nitrogens is 2. The van der Waals surface area contributed by atoms with E-state index in [1.807, 2.05) is 42.5 Å². The van der Waals surface area contributed by atoms with Gasteiger partial charge in [0.15, 0.2) is 5.58 Å². The van der Waals surface area contributed by atoms with E-state index >= 15 is 0 Å². The zero-order chi connectivity index (χ0) is 39.3. The van der Waals surface area contributed by atoms with Crippen LogP contribution in [-0.2, 0) is 19.5 Å². The molecule has 0 saturated heterocycles. The Balaban J connectivity index is 1.02. The Labute approximate surface area is 323 Å². The molecule has 0 spiro atoms. The molecule has 56 heavy (non-hydrogen) atoms. The molecule has 1 aliphatic carbocycles. The number of benzene rings is 4. The highest BCUT2D eigenvalue weighted by Crippen LogP contribution is 2.37. The van der Waals surface area contributed by atoms with Crippen LogP contribution < -0.4 is 32.0 Å². The first-order valence-electron chi connectivity index (χ1n) is 19.0. The van der Waals surface area contributed by atoms with Crippen LogP contribution in [0.1, 0.15) is 61.3 Å². The molecule has 1 saturated carbocycles. The third-order valence-corrected chi connectivity index (χ3v) is 10.8. The molecule has 0 bridgehead atoms. The summed E-state index contributed by atoms with van der Waals surface area (Å²) in [6, 6.07) is 25.4. The number of methoxy groups -OCH3 is 1. The number of anilines is 1. The maximum absolute atomic E-state index is 13.1. The quantitative estimate of drug-likeness (QED) is 0.0675. The molecule has 1 aliphatic rings. The van der Waals surface area contributed by atoms with Gasteiger partial charge in [-0.3, -0.25) is 14.3 Å². The molecule has 1 atom stereocenters. The number of nitrogens with one attached hydrogen (secondary N) is 2. The summed E-state index contributed by atoms with van der Waals surface area (Å²) in [6.07, 6.45) is 3.22. The van der Waals surface area contributed by atoms with Gasteiger partial charge in [-0.05, 0) is 85.9 Å². The van der Waals surface area contributed by atoms with E-state index in [2.05, 4.69) is 16.4 Å². The summed E-state index contributed by atoms with van der Waals surface area (Å²) in [4.78, 5) is 41.8. The zero-order valence-electron chi connectivity index (χ0n) is 31.2. The lowest BCUT2D eigenvalue weighted by Gasteiger charge is -2.35. The number of pyridine rings is 1. The third kappa shape index (κ3) is 8.20. The fraction of sp³-hybridized carbons (Fsp3) is 0.326. The van der Waals surface area contributed by atoms with Gasteiger partial charge in [0, 0.05) is 60.4 Å². The molecular formula is C43H47N5O8. The summed E-state index contributed by atoms with van der Waals surface area (Å²) in [5, 5.41) is 35.4. The number of hydrogen-bond donors (Lipinski definition) is 6. The second kappa shape index (κ2) is 16.9. The summed E-state index contributed by atoms with van der Waals surface area (Å²) < 4.78 is 12.9. The number of rotatable bonds is 14. The van der Waals surface area contributed by atoms with E-state index in [1.54, 1.807) is 35.9 Å². The highest BCUT2D eigenvalue weighted by atomic mass is 16.5. The molecule has 0 unspecified atom stereocenters. The van der Waals surface area contributed by atoms with Crippen molar-refractivity contribution in [1.82, 2.24) is 14.9 Å². The second-order valence-corrected chi connectivity index (χ2v) is 14.5. The molecular weight excluding hydrogens is 714 g/mol. The number of nitrogens with zero attached hydrogens (tertiary/aromatic N) is 2. The smallest absolute Gasteiger partial charge is 0.419 e. The fourth-order valence-electron chi connectivity index (χ4n) is 7.88. The monoisotopic (exact) mass is 761 g/mol. The maximum atomic E-state index is 13.1. The van der Waals surface area contributed by atoms with Crippen molar-refractivity contribution in [2.75, 3.05) is 18.6 Å². The van der Waals surface area contributed by atoms with Crippen molar-refractivity contribution in [3.05, 3.63) is 123 Å². The Bertz CT molecular complexity index is 2450. The Kier molecular flexibility index (Phi) is 11.6. The van der Waals surface area contributed by atoms with Crippen LogP contribution >= 0.6 is 0 Å². The number of aliphatic hydroxyl groups is 1. The lowest BCUT2D eigenvalue weighted by Crippen LogP contribution is -2.44. The number of H-pyrrole nitrogens is 1. The lowest BCUT2D eigenvalue weighted by molar-refractivity contribution is 0.175. The first kappa shape index (κ1) is 38.4. The number of oxazole rings is 1. The van der Waals surface area contributed by atoms with Gasteiger partial charge < -0.3 is 40.5 Å². The first-order valence-corrected chi connectivity index (χ1v) is 19.0. The van der Waals surface area contributed by atoms with Gasteiger partial charge in [0.2, 0.25) is 5.56 Å². The minimum absolute atomic E-state index is 0.0823. The van der Waals surface area contributed by atoms with Crippen LogP contribution in [0.3, 0.4) is 0 Å². The Morgan fingerprint density at radius 3 is 2.55 bits per heavy atom. The van der Waals surface area contributed by atoms with Crippen LogP contribution in [0.5, 0.6) is 11.5 Å². The number of aryl methyl sites for hydroxylation is 2. The standard InChI is InChI=1S/C43H47N5O8/c1-55-38-23-35-39(22-28(38)24-45-25-37(50)32-16-18-36(49)41-33(32)17-19-40(51)46-41)56-43(54)47(35)20-6-5-7-26-10-15-31(27-8-3-2-4-9-27)34(21-26)48(42(52)53)30-13-11-29(44)12-14-30/h2-4,8-10,15-19,21-23,29-30,37,45,49-50H,5-7,11-14,20,24-25,44H2,1H3,(H,46,51)(H,52,53)/t29-,30-,37-/m0/s1. The van der Waals surface area contributed by atoms with Crippen LogP contribution in [0, 0.1) is 0 Å². The van der Waals surface area contributed by atoms with E-state index in [0.717, 1.165) is 41.5 Å². The number of ether oxygens (including phenoxy) is 1. The van der Waals surface area contributed by atoms with Crippen molar-refractivity contribution in [3.8, 4) is 22.6 Å². The predicted octanol–water partition coefficient (Wildman–Crippen LogP) is 6.42. The van der Waals surface area contributed by atoms with Crippen LogP contribution in [0.4, 0.5) is 10.5 Å². The van der Waals surface area contributed by atoms with Gasteiger partial charge in [-0.2, -0.15) is 0 Å². The summed E-state index contributed by atoms with van der Waals surface area (Å²) in [6.45, 7) is 0.880. The minimum atomic E-state index is -0.972. The number of phenolic OH excluding ortho intramolecular Hbond substituents is 1. The first-order chi connectivity index (χ1) is 27.1. The highest BCUT2D eigenvalue weighted by Gasteiger charge is 2.31. The number of amides is 1. The average Bonchev–Trinajstić information content (AvgIpc) is 3.50. The molecule has 1 amide bonds. The van der Waals surface area contributed by atoms with Gasteiger partial charge in [0.25, 0.3) is 0 Å². The molecule has 7 rings (SSSR count). The molecule has 13 nitrogen and oxygen atoms in total. The van der Waals surface area contributed by atoms with Crippen molar-refractivity contribution >= 4 is 33.8 Å². The number of phenols is 1. The van der Waals surface area contributed by atoms with Crippen LogP contribution in [0.25, 0.3) is 33.1 Å². The van der Waals surface area contributed by atoms with E-state index < -0.39 is 18.0 Å². The van der Waals surface area contributed by atoms with E-state index in [9.17, 15) is 29.7 Å². The van der Waals surface area contributed by atoms with E-state index in [-0.39, 0.29) is 35.5 Å². The molecule has 1 fully saturated rings. The molecule has 7 N–H and O–H groups in total. The molecule has 0 radical (unpaired) electrons. The van der Waals surface area contributed by atoms with Crippen LogP contribution in [-0.4, -0.2) is 56.7 Å². The topological polar surface area (TPSA) is 196 Å². The number of unbranched alkanes of at least 4 members (excludes halogenated alkanes) is 1. The number of hydrogen-bond acceptors (Lipinski definition) is 9. The van der Waals surface area contributed by atoms with Gasteiger partial charge in [-0.15, -0.1) is 0 Å². The Morgan fingerprint density at radius 1 is 1.02 bits per heavy atom. The highest BCUT2D eigenvalue weighted by molar-refractivity contribution is 5.94. The van der Waals surface area contributed by atoms with E-state index in [1.165, 1.54) is 17.0 Å². The number of carboxylic acid groups (broad SMARTS) is 1. The molecule has 0 aliphatic heterocycles. The molecule has 2 heterocycles. The summed E-state index contributed by atoms with van der Waals surface area (Å²) in [7, 11) is 1.55. The SMILES string of the molecule is COc1cc2c(cc1CNC[C@H](O)c1ccc(O)c3[nH]c(=O)ccc13)oc(=O)n2CCCCc1ccc(-c2ccccc2)c(N(C(=O)O)[C@H]2CC[C@H](N)CC2)c1. The number of aromatic amines is 1. The molecule has 4 aromatic carbocycles. The van der Waals surface area contributed by atoms with Gasteiger partial charge in [-0.1, -0.05) is 48.5 Å². The molecule has 2 aromatic heterocycles. The number of carbonyl (C=O) groups is 1. The lowest BCUT2D eigenvalue weighted by atomic mass is 9.89. The van der Waals surface area contributed by atoms with Gasteiger partial charge in [-0.25, -0.2) is 9.59 Å². The average molecular weight is 762 g/mol. The Morgan fingerprint density at radius 2 is 1.80 bits per heavy atom. The van der Waals surface area contributed by atoms with Crippen molar-refractivity contribution in [1.29, 1.82) is 0 Å². The number of nitrogens with two attached hydrogens (primary N) is 1. The molecule has 13 heteroatoms. The van der Waals surface area contributed by atoms with Crippen molar-refractivity contribution in [2.45, 2.75) is 76.2 Å². The van der Waals surface area contributed by atoms with Crippen LogP contribution in [0.2, 0.25) is 0 Å². The van der Waals surface area contributed by atoms with Crippen molar-refractivity contribution in [3.63, 3.8) is 0 Å². The number of aliphatic hydroxyl groups excluding tert-OH is 1. The van der Waals surface area contributed by atoms with E-state index in [4.69, 9.17) is 14.9 Å². The second-order valence-electron chi connectivity index (χ2n) is 14.5. The summed E-state index contributed by atoms with van der Waals surface area (Å²) in [5.74, 6) is -0.00421. The summed E-state index contributed by atoms with van der Waals surface area (Å²) >= 11 is 0. The fourth-order valence-corrected chi connectivity index (χ4v) is 7.88. The Hall–Kier alpha value is -5.89.